The van der Waals surface area contributed by atoms with E-state index in [-0.39, 0.29) is 23.7 Å². The fraction of sp³-hybridized carbons (Fsp3) is 0.719. The Morgan fingerprint density at radius 3 is 2.14 bits per heavy atom. The van der Waals surface area contributed by atoms with Crippen molar-refractivity contribution in [1.82, 2.24) is 5.32 Å². The minimum absolute atomic E-state index is 0.00963. The molecule has 1 aromatic carbocycles. The predicted octanol–water partition coefficient (Wildman–Crippen LogP) is 8.81. The zero-order valence-electron chi connectivity index (χ0n) is 22.1. The van der Waals surface area contributed by atoms with E-state index in [4.69, 9.17) is 0 Å². The average Bonchev–Trinajstić information content (AvgIpc) is 2.90. The third-order valence-electron chi connectivity index (χ3n) is 9.74. The van der Waals surface area contributed by atoms with Crippen LogP contribution in [0.5, 0.6) is 0 Å². The van der Waals surface area contributed by atoms with E-state index in [2.05, 4.69) is 31.0 Å². The lowest BCUT2D eigenvalue weighted by Crippen LogP contribution is -2.36. The van der Waals surface area contributed by atoms with Crippen molar-refractivity contribution in [3.63, 3.8) is 0 Å². The molecular formula is C32H48FNO. The van der Waals surface area contributed by atoms with Crippen molar-refractivity contribution in [3.05, 3.63) is 47.8 Å². The van der Waals surface area contributed by atoms with Crippen LogP contribution in [0, 0.1) is 23.6 Å². The summed E-state index contributed by atoms with van der Waals surface area (Å²) in [4.78, 5) is 11.6. The molecule has 194 valence electrons. The van der Waals surface area contributed by atoms with Gasteiger partial charge in [-0.2, -0.15) is 0 Å². The monoisotopic (exact) mass is 481 g/mol. The summed E-state index contributed by atoms with van der Waals surface area (Å²) in [6, 6.07) is 6.35. The van der Waals surface area contributed by atoms with Gasteiger partial charge in [0.15, 0.2) is 0 Å². The summed E-state index contributed by atoms with van der Waals surface area (Å²) < 4.78 is 15.2. The van der Waals surface area contributed by atoms with Gasteiger partial charge in [0.05, 0.1) is 0 Å². The van der Waals surface area contributed by atoms with Crippen LogP contribution in [-0.2, 0) is 4.79 Å². The van der Waals surface area contributed by atoms with E-state index in [1.165, 1.54) is 88.7 Å². The molecule has 0 radical (unpaired) electrons. The second-order valence-corrected chi connectivity index (χ2v) is 11.9. The topological polar surface area (TPSA) is 29.1 Å². The van der Waals surface area contributed by atoms with Gasteiger partial charge in [-0.3, -0.25) is 4.79 Å². The van der Waals surface area contributed by atoms with Crippen LogP contribution in [-0.4, -0.2) is 11.9 Å². The number of benzene rings is 1. The lowest BCUT2D eigenvalue weighted by atomic mass is 9.68. The molecule has 0 bridgehead atoms. The lowest BCUT2D eigenvalue weighted by Gasteiger charge is -2.38. The van der Waals surface area contributed by atoms with Crippen molar-refractivity contribution in [2.75, 3.05) is 0 Å². The van der Waals surface area contributed by atoms with Crippen molar-refractivity contribution in [2.24, 2.45) is 17.8 Å². The molecule has 3 aliphatic carbocycles. The summed E-state index contributed by atoms with van der Waals surface area (Å²) in [7, 11) is 0. The number of hydrogen-bond acceptors (Lipinski definition) is 1. The second-order valence-electron chi connectivity index (χ2n) is 11.9. The minimum Gasteiger partial charge on any atom is -0.350 e. The number of nitrogens with one attached hydrogen (secondary N) is 1. The molecule has 3 aliphatic rings. The first kappa shape index (κ1) is 26.4. The number of amides is 1. The van der Waals surface area contributed by atoms with E-state index in [0.717, 1.165) is 49.0 Å². The van der Waals surface area contributed by atoms with Gasteiger partial charge in [0, 0.05) is 6.04 Å². The van der Waals surface area contributed by atoms with Gasteiger partial charge in [0.1, 0.15) is 5.82 Å². The molecule has 1 amide bonds. The molecule has 4 rings (SSSR count). The summed E-state index contributed by atoms with van der Waals surface area (Å²) in [6.45, 7) is 5.83. The maximum Gasteiger partial charge on any atom is 0.243 e. The first-order valence-electron chi connectivity index (χ1n) is 14.8. The number of carbonyl (C=O) groups excluding carboxylic acids is 1. The molecule has 3 fully saturated rings. The lowest BCUT2D eigenvalue weighted by molar-refractivity contribution is -0.117. The van der Waals surface area contributed by atoms with E-state index < -0.39 is 0 Å². The summed E-state index contributed by atoms with van der Waals surface area (Å²) in [6.07, 6.45) is 21.6. The normalized spacial score (nSPS) is 31.6. The molecule has 0 spiro atoms. The van der Waals surface area contributed by atoms with Crippen molar-refractivity contribution in [3.8, 4) is 0 Å². The summed E-state index contributed by atoms with van der Waals surface area (Å²) in [5, 5.41) is 3.00. The van der Waals surface area contributed by atoms with Gasteiger partial charge in [0.25, 0.3) is 0 Å². The SMILES string of the molecule is C=CC(=O)NC1CCC(c2ccc(C3CCC(C4CCC(CCCCC)CC4)CC3)cc2F)CC1. The molecule has 0 atom stereocenters. The number of halogens is 1. The quantitative estimate of drug-likeness (QED) is 0.277. The van der Waals surface area contributed by atoms with Crippen molar-refractivity contribution in [1.29, 1.82) is 0 Å². The Balaban J connectivity index is 1.22. The largest absolute Gasteiger partial charge is 0.350 e. The van der Waals surface area contributed by atoms with Crippen LogP contribution in [0.25, 0.3) is 0 Å². The molecule has 1 N–H and O–H groups in total. The first-order chi connectivity index (χ1) is 17.1. The molecular weight excluding hydrogens is 433 g/mol. The van der Waals surface area contributed by atoms with Gasteiger partial charge < -0.3 is 5.32 Å². The minimum atomic E-state index is -0.103. The van der Waals surface area contributed by atoms with Crippen molar-refractivity contribution < 1.29 is 9.18 Å². The number of rotatable bonds is 9. The molecule has 3 heteroatoms. The maximum atomic E-state index is 15.2. The molecule has 2 nitrogen and oxygen atoms in total. The molecule has 3 saturated carbocycles. The summed E-state index contributed by atoms with van der Waals surface area (Å²) >= 11 is 0. The zero-order valence-corrected chi connectivity index (χ0v) is 22.1. The Labute approximate surface area is 213 Å². The van der Waals surface area contributed by atoms with E-state index in [0.29, 0.717) is 5.92 Å². The van der Waals surface area contributed by atoms with Crippen LogP contribution in [0.4, 0.5) is 4.39 Å². The van der Waals surface area contributed by atoms with Crippen LogP contribution in [0.1, 0.15) is 133 Å². The number of carbonyl (C=O) groups is 1. The molecule has 0 heterocycles. The van der Waals surface area contributed by atoms with Crippen molar-refractivity contribution >= 4 is 5.91 Å². The molecule has 1 aromatic rings. The van der Waals surface area contributed by atoms with Crippen LogP contribution < -0.4 is 5.32 Å². The van der Waals surface area contributed by atoms with Gasteiger partial charge in [-0.15, -0.1) is 0 Å². The highest BCUT2D eigenvalue weighted by molar-refractivity contribution is 5.87. The van der Waals surface area contributed by atoms with Crippen LogP contribution >= 0.6 is 0 Å². The first-order valence-corrected chi connectivity index (χ1v) is 14.8. The second kappa shape index (κ2) is 13.1. The maximum absolute atomic E-state index is 15.2. The van der Waals surface area contributed by atoms with Gasteiger partial charge in [-0.1, -0.05) is 64.2 Å². The molecule has 0 saturated heterocycles. The fourth-order valence-electron chi connectivity index (χ4n) is 7.49. The van der Waals surface area contributed by atoms with E-state index in [1.807, 2.05) is 6.07 Å². The molecule has 35 heavy (non-hydrogen) atoms. The highest BCUT2D eigenvalue weighted by atomic mass is 19.1. The van der Waals surface area contributed by atoms with E-state index >= 15 is 4.39 Å². The van der Waals surface area contributed by atoms with Crippen molar-refractivity contribution in [2.45, 2.75) is 128 Å². The third-order valence-corrected chi connectivity index (χ3v) is 9.74. The van der Waals surface area contributed by atoms with E-state index in [1.54, 1.807) is 0 Å². The number of unbranched alkanes of at least 4 members (excludes halogenated alkanes) is 2. The summed E-state index contributed by atoms with van der Waals surface area (Å²) in [5.74, 6) is 3.54. The Morgan fingerprint density at radius 2 is 1.54 bits per heavy atom. The Morgan fingerprint density at radius 1 is 0.914 bits per heavy atom. The smallest absolute Gasteiger partial charge is 0.243 e. The van der Waals surface area contributed by atoms with Gasteiger partial charge in [0.2, 0.25) is 5.91 Å². The fourth-order valence-corrected chi connectivity index (χ4v) is 7.49. The predicted molar refractivity (Wildman–Crippen MR) is 144 cm³/mol. The highest BCUT2D eigenvalue weighted by Crippen LogP contribution is 2.45. The summed E-state index contributed by atoms with van der Waals surface area (Å²) in [5.41, 5.74) is 2.10. The van der Waals surface area contributed by atoms with Crippen LogP contribution in [0.15, 0.2) is 30.9 Å². The Hall–Kier alpha value is -1.64. The Kier molecular flexibility index (Phi) is 9.86. The third kappa shape index (κ3) is 7.20. The van der Waals surface area contributed by atoms with Gasteiger partial charge in [-0.05, 0) is 117 Å². The number of hydrogen-bond donors (Lipinski definition) is 1. The standard InChI is InChI=1S/C32H48FNO/c1-3-5-6-7-23-8-10-24(11-9-23)25-12-14-26(15-13-25)28-18-21-30(31(33)22-28)27-16-19-29(20-17-27)34-32(35)4-2/h4,18,21-27,29H,2-3,5-17,19-20H2,1H3,(H,34,35). The van der Waals surface area contributed by atoms with Gasteiger partial charge in [-0.25, -0.2) is 4.39 Å². The highest BCUT2D eigenvalue weighted by Gasteiger charge is 2.32. The molecule has 0 unspecified atom stereocenters. The molecule has 0 aromatic heterocycles. The molecule has 0 aliphatic heterocycles. The van der Waals surface area contributed by atoms with Crippen LogP contribution in [0.3, 0.4) is 0 Å². The van der Waals surface area contributed by atoms with Crippen LogP contribution in [0.2, 0.25) is 0 Å². The van der Waals surface area contributed by atoms with E-state index in [9.17, 15) is 4.79 Å². The Bertz CT molecular complexity index is 811. The average molecular weight is 482 g/mol. The zero-order chi connectivity index (χ0) is 24.6. The van der Waals surface area contributed by atoms with Gasteiger partial charge >= 0.3 is 0 Å².